The van der Waals surface area contributed by atoms with Crippen LogP contribution in [0.25, 0.3) is 33.6 Å². The van der Waals surface area contributed by atoms with E-state index in [1.807, 2.05) is 60.5 Å². The van der Waals surface area contributed by atoms with Gasteiger partial charge in [-0.1, -0.05) is 109 Å². The number of amides is 3. The lowest BCUT2D eigenvalue weighted by molar-refractivity contribution is -0.137. The molecule has 3 atom stereocenters. The molecule has 2 saturated heterocycles. The Morgan fingerprint density at radius 2 is 1.21 bits per heavy atom. The molecule has 6 aromatic rings. The Hall–Kier alpha value is -6.49. The van der Waals surface area contributed by atoms with E-state index in [2.05, 4.69) is 58.5 Å². The van der Waals surface area contributed by atoms with Crippen LogP contribution >= 0.6 is 0 Å². The average Bonchev–Trinajstić information content (AvgIpc) is 4.06. The van der Waals surface area contributed by atoms with Crippen LogP contribution in [0.3, 0.4) is 0 Å². The van der Waals surface area contributed by atoms with Crippen LogP contribution in [-0.2, 0) is 16.0 Å². The highest BCUT2D eigenvalue weighted by molar-refractivity contribution is 5.87. The van der Waals surface area contributed by atoms with Crippen molar-refractivity contribution in [1.29, 1.82) is 0 Å². The molecule has 0 radical (unpaired) electrons. The summed E-state index contributed by atoms with van der Waals surface area (Å²) in [4.78, 5) is 60.3. The monoisotopic (exact) mass is 747 g/mol. The van der Waals surface area contributed by atoms with Crippen molar-refractivity contribution in [2.75, 3.05) is 20.1 Å². The first-order valence-electron chi connectivity index (χ1n) is 19.2. The fraction of sp³-hybridized carbons (Fsp3) is 0.267. The second-order valence-corrected chi connectivity index (χ2v) is 14.8. The number of nitrogens with zero attached hydrogens (tertiary/aromatic N) is 5. The molecular weight excluding hydrogens is 703 g/mol. The van der Waals surface area contributed by atoms with Crippen LogP contribution in [0.15, 0.2) is 116 Å². The number of aromatic amines is 2. The van der Waals surface area contributed by atoms with Gasteiger partial charge in [-0.15, -0.1) is 0 Å². The van der Waals surface area contributed by atoms with Crippen molar-refractivity contribution in [3.05, 3.63) is 144 Å². The van der Waals surface area contributed by atoms with Gasteiger partial charge in [0.25, 0.3) is 5.91 Å². The lowest BCUT2D eigenvalue weighted by atomic mass is 10.0. The Bertz CT molecular complexity index is 2320. The van der Waals surface area contributed by atoms with Crippen LogP contribution in [0.2, 0.25) is 0 Å². The molecule has 0 aliphatic carbocycles. The number of likely N-dealkylation sites (N-methyl/N-ethyl adjacent to an activating group) is 1. The number of aryl methyl sites for hydroxylation is 1. The predicted molar refractivity (Wildman–Crippen MR) is 214 cm³/mol. The fourth-order valence-corrected chi connectivity index (χ4v) is 8.07. The number of hydrogen-bond donors (Lipinski definition) is 3. The molecule has 8 rings (SSSR count). The number of carbonyl (C=O) groups is 3. The lowest BCUT2D eigenvalue weighted by Crippen LogP contribution is -2.43. The van der Waals surface area contributed by atoms with Crippen LogP contribution in [0.5, 0.6) is 0 Å². The van der Waals surface area contributed by atoms with Crippen molar-refractivity contribution in [2.45, 2.75) is 57.2 Å². The van der Waals surface area contributed by atoms with Gasteiger partial charge in [0.05, 0.1) is 42.3 Å². The van der Waals surface area contributed by atoms with Gasteiger partial charge in [-0.2, -0.15) is 0 Å². The molecule has 0 bridgehead atoms. The third-order valence-corrected chi connectivity index (χ3v) is 11.2. The minimum absolute atomic E-state index is 0.0529. The molecule has 56 heavy (non-hydrogen) atoms. The van der Waals surface area contributed by atoms with Crippen molar-refractivity contribution in [3.8, 4) is 33.6 Å². The van der Waals surface area contributed by atoms with Gasteiger partial charge in [-0.3, -0.25) is 14.5 Å². The first-order valence-corrected chi connectivity index (χ1v) is 19.2. The molecule has 284 valence electrons. The smallest absolute Gasteiger partial charge is 0.407 e. The molecule has 11 nitrogen and oxygen atoms in total. The van der Waals surface area contributed by atoms with Crippen LogP contribution in [0.1, 0.15) is 72.1 Å². The van der Waals surface area contributed by atoms with E-state index in [9.17, 15) is 19.5 Å². The number of carbonyl (C=O) groups excluding carboxylic acids is 2. The van der Waals surface area contributed by atoms with Gasteiger partial charge in [0.1, 0.15) is 17.7 Å². The lowest BCUT2D eigenvalue weighted by Gasteiger charge is -2.32. The first-order chi connectivity index (χ1) is 27.2. The van der Waals surface area contributed by atoms with Crippen LogP contribution in [0.4, 0.5) is 4.79 Å². The van der Waals surface area contributed by atoms with Crippen LogP contribution in [-0.4, -0.2) is 77.8 Å². The molecule has 2 fully saturated rings. The van der Waals surface area contributed by atoms with Gasteiger partial charge in [0.2, 0.25) is 5.91 Å². The van der Waals surface area contributed by atoms with Gasteiger partial charge in [0, 0.05) is 20.1 Å². The number of rotatable bonds is 10. The van der Waals surface area contributed by atoms with E-state index < -0.39 is 12.1 Å². The van der Waals surface area contributed by atoms with Gasteiger partial charge >= 0.3 is 6.09 Å². The SMILES string of the molecule is Cc1ccc(CC(=O)N2CCC[C@H]2c2ncc(-c3ccc(-c4ccc(-c5cnc([C@@H]6CCCN6C(=O)[C@@H](c6ccccc6)N(C)C(=O)O)[nH]5)cc4)cc3)[nH]2)cc1. The van der Waals surface area contributed by atoms with Crippen molar-refractivity contribution in [1.82, 2.24) is 34.6 Å². The van der Waals surface area contributed by atoms with E-state index >= 15 is 0 Å². The topological polar surface area (TPSA) is 139 Å². The largest absolute Gasteiger partial charge is 0.465 e. The maximum absolute atomic E-state index is 13.9. The third-order valence-electron chi connectivity index (χ3n) is 11.2. The Labute approximate surface area is 326 Å². The van der Waals surface area contributed by atoms with Crippen molar-refractivity contribution in [2.24, 2.45) is 0 Å². The summed E-state index contributed by atoms with van der Waals surface area (Å²) in [5.74, 6) is 1.38. The van der Waals surface area contributed by atoms with Gasteiger partial charge in [0.15, 0.2) is 0 Å². The summed E-state index contributed by atoms with van der Waals surface area (Å²) in [5, 5.41) is 9.79. The molecule has 0 spiro atoms. The maximum atomic E-state index is 13.9. The van der Waals surface area contributed by atoms with Gasteiger partial charge in [-0.05, 0) is 66.0 Å². The first kappa shape index (κ1) is 36.5. The molecule has 4 aromatic carbocycles. The van der Waals surface area contributed by atoms with Crippen molar-refractivity contribution in [3.63, 3.8) is 0 Å². The highest BCUT2D eigenvalue weighted by Gasteiger charge is 2.39. The molecule has 11 heteroatoms. The summed E-state index contributed by atoms with van der Waals surface area (Å²) in [5.41, 5.74) is 8.74. The number of carboxylic acid groups (broad SMARTS) is 1. The summed E-state index contributed by atoms with van der Waals surface area (Å²) >= 11 is 0. The molecule has 0 unspecified atom stereocenters. The summed E-state index contributed by atoms with van der Waals surface area (Å²) in [6.07, 6.45) is 6.26. The predicted octanol–water partition coefficient (Wildman–Crippen LogP) is 8.36. The normalized spacial score (nSPS) is 17.2. The zero-order chi connectivity index (χ0) is 38.8. The second kappa shape index (κ2) is 15.7. The highest BCUT2D eigenvalue weighted by atomic mass is 16.4. The molecule has 2 aliphatic rings. The number of imidazole rings is 2. The molecule has 3 amide bonds. The van der Waals surface area contributed by atoms with E-state index in [4.69, 9.17) is 9.97 Å². The third kappa shape index (κ3) is 7.44. The number of nitrogens with one attached hydrogen (secondary N) is 2. The number of aromatic nitrogens is 4. The summed E-state index contributed by atoms with van der Waals surface area (Å²) in [7, 11) is 1.43. The van der Waals surface area contributed by atoms with Crippen molar-refractivity contribution < 1.29 is 19.5 Å². The molecule has 4 heterocycles. The standard InChI is InChI=1S/C45H45N7O4/c1-29-12-14-30(15-13-29)26-40(53)51-24-6-10-38(51)42-46-27-36(48-42)33-20-16-31(17-21-33)32-18-22-34(23-19-32)37-28-47-43(49-37)39-11-7-25-52(39)44(54)41(50(2)45(55)56)35-8-4-3-5-9-35/h3-5,8-9,12-23,27-28,38-39,41H,6-7,10-11,24-26H2,1-2H3,(H,46,48)(H,47,49)(H,55,56)/t38-,39-,41+/m0/s1. The van der Waals surface area contributed by atoms with Gasteiger partial charge in [-0.25, -0.2) is 14.8 Å². The Morgan fingerprint density at radius 3 is 1.75 bits per heavy atom. The second-order valence-electron chi connectivity index (χ2n) is 14.8. The van der Waals surface area contributed by atoms with E-state index in [0.717, 1.165) is 82.2 Å². The van der Waals surface area contributed by atoms with Crippen molar-refractivity contribution >= 4 is 17.9 Å². The molecule has 3 N–H and O–H groups in total. The Kier molecular flexibility index (Phi) is 10.2. The van der Waals surface area contributed by atoms with E-state index in [1.165, 1.54) is 12.6 Å². The summed E-state index contributed by atoms with van der Waals surface area (Å²) < 4.78 is 0. The zero-order valence-electron chi connectivity index (χ0n) is 31.6. The fourth-order valence-electron chi connectivity index (χ4n) is 8.07. The maximum Gasteiger partial charge on any atom is 0.407 e. The molecule has 2 aromatic heterocycles. The van der Waals surface area contributed by atoms with E-state index in [-0.39, 0.29) is 23.9 Å². The minimum Gasteiger partial charge on any atom is -0.465 e. The number of H-pyrrole nitrogens is 2. The molecule has 0 saturated carbocycles. The molecular formula is C45H45N7O4. The minimum atomic E-state index is -1.16. The van der Waals surface area contributed by atoms with Crippen LogP contribution < -0.4 is 0 Å². The van der Waals surface area contributed by atoms with Gasteiger partial charge < -0.3 is 24.9 Å². The number of benzene rings is 4. The summed E-state index contributed by atoms with van der Waals surface area (Å²) in [6, 6.07) is 32.6. The van der Waals surface area contributed by atoms with Crippen LogP contribution in [0, 0.1) is 6.92 Å². The van der Waals surface area contributed by atoms with E-state index in [0.29, 0.717) is 24.4 Å². The number of hydrogen-bond acceptors (Lipinski definition) is 5. The zero-order valence-corrected chi connectivity index (χ0v) is 31.6. The highest BCUT2D eigenvalue weighted by Crippen LogP contribution is 2.36. The Morgan fingerprint density at radius 1 is 0.714 bits per heavy atom. The Balaban J connectivity index is 0.923. The summed E-state index contributed by atoms with van der Waals surface area (Å²) in [6.45, 7) is 3.32. The quantitative estimate of drug-likeness (QED) is 0.129. The van der Waals surface area contributed by atoms with E-state index in [1.54, 1.807) is 23.2 Å². The average molecular weight is 748 g/mol. The molecule has 2 aliphatic heterocycles. The number of likely N-dealkylation sites (tertiary alicyclic amines) is 2.